The summed E-state index contributed by atoms with van der Waals surface area (Å²) in [5, 5.41) is 0. The molecule has 252 valence electrons. The normalized spacial score (nSPS) is 12.9. The Morgan fingerprint density at radius 1 is 0.529 bits per heavy atom. The van der Waals surface area contributed by atoms with Crippen LogP contribution in [0.4, 0.5) is 0 Å². The molecular weight excluding hydrogens is 644 g/mol. The molecule has 11 nitrogen and oxygen atoms in total. The number of ether oxygens (including phenoxy) is 3. The number of carbonyl (C=O) groups excluding carboxylic acids is 2. The molecule has 0 unspecified atom stereocenters. The lowest BCUT2D eigenvalue weighted by molar-refractivity contribution is 0.0145. The summed E-state index contributed by atoms with van der Waals surface area (Å²) < 4.78 is 20.4. The largest absolute Gasteiger partial charge is 0.458 e. The van der Waals surface area contributed by atoms with Crippen LogP contribution >= 0.6 is 0 Å². The Bertz CT molecular complexity index is 2130. The Labute approximate surface area is 293 Å². The summed E-state index contributed by atoms with van der Waals surface area (Å²) in [7, 11) is 0. The zero-order chi connectivity index (χ0) is 34.6. The number of imidazole rings is 2. The smallest absolute Gasteiger partial charge is 0.358 e. The number of nitrogens with zero attached hydrogens (tertiary/aromatic N) is 6. The summed E-state index contributed by atoms with van der Waals surface area (Å²) in [6.07, 6.45) is 3.26. The first-order valence-electron chi connectivity index (χ1n) is 16.6. The molecule has 0 radical (unpaired) electrons. The molecule has 8 rings (SSSR count). The molecule has 11 heteroatoms. The topological polar surface area (TPSA) is 122 Å². The van der Waals surface area contributed by atoms with E-state index in [2.05, 4.69) is 9.97 Å². The molecule has 0 atom stereocenters. The van der Waals surface area contributed by atoms with Crippen LogP contribution in [-0.2, 0) is 27.3 Å². The molecule has 0 saturated heterocycles. The molecule has 0 N–H and O–H groups in total. The first-order valence-corrected chi connectivity index (χ1v) is 16.6. The van der Waals surface area contributed by atoms with Crippen molar-refractivity contribution in [3.8, 4) is 11.4 Å². The van der Waals surface area contributed by atoms with E-state index in [1.807, 2.05) is 118 Å². The van der Waals surface area contributed by atoms with E-state index in [1.54, 1.807) is 12.7 Å². The zero-order valence-electron chi connectivity index (χ0n) is 27.5. The molecular formula is C40H32N6O5. The summed E-state index contributed by atoms with van der Waals surface area (Å²) in [6, 6.07) is 35.8. The molecule has 6 aromatic rings. The highest BCUT2D eigenvalue weighted by Crippen LogP contribution is 2.28. The summed E-state index contributed by atoms with van der Waals surface area (Å²) in [6.45, 7) is 0.766. The average molecular weight is 677 g/mol. The highest BCUT2D eigenvalue weighted by Gasteiger charge is 2.26. The molecule has 0 fully saturated rings. The van der Waals surface area contributed by atoms with E-state index in [0.29, 0.717) is 11.4 Å². The van der Waals surface area contributed by atoms with Gasteiger partial charge in [0, 0.05) is 22.3 Å². The molecule has 2 aromatic heterocycles. The third-order valence-electron chi connectivity index (χ3n) is 8.75. The van der Waals surface area contributed by atoms with Gasteiger partial charge in [-0.25, -0.2) is 19.6 Å². The van der Waals surface area contributed by atoms with Gasteiger partial charge in [-0.2, -0.15) is 0 Å². The van der Waals surface area contributed by atoms with Gasteiger partial charge in [-0.3, -0.25) is 19.1 Å². The number of esters is 2. The number of aromatic nitrogens is 4. The Balaban J connectivity index is 0.854. The highest BCUT2D eigenvalue weighted by atomic mass is 16.6. The summed E-state index contributed by atoms with van der Waals surface area (Å²) in [4.78, 5) is 44.7. The van der Waals surface area contributed by atoms with Crippen LogP contribution in [0.2, 0.25) is 0 Å². The minimum absolute atomic E-state index is 0.00388. The van der Waals surface area contributed by atoms with Gasteiger partial charge in [0.2, 0.25) is 0 Å². The van der Waals surface area contributed by atoms with E-state index in [0.717, 1.165) is 45.1 Å². The van der Waals surface area contributed by atoms with E-state index in [1.165, 1.54) is 0 Å². The average Bonchev–Trinajstić information content (AvgIpc) is 3.72. The number of fused-ring (bicyclic) bond motifs is 6. The van der Waals surface area contributed by atoms with Crippen molar-refractivity contribution >= 4 is 23.4 Å². The first kappa shape index (κ1) is 31.8. The fraction of sp³-hybridized carbons (Fsp3) is 0.150. The van der Waals surface area contributed by atoms with Crippen molar-refractivity contribution in [2.45, 2.75) is 13.1 Å². The molecule has 0 spiro atoms. The minimum atomic E-state index is -0.560. The summed E-state index contributed by atoms with van der Waals surface area (Å²) >= 11 is 0. The predicted molar refractivity (Wildman–Crippen MR) is 190 cm³/mol. The summed E-state index contributed by atoms with van der Waals surface area (Å²) in [5.74, 6) is -1.12. The van der Waals surface area contributed by atoms with Crippen LogP contribution in [0.15, 0.2) is 132 Å². The fourth-order valence-corrected chi connectivity index (χ4v) is 6.36. The standard InChI is InChI=1S/C40H32N6O5/c47-39(37-33-23-41-35(27-11-3-1-4-12-27)29-15-7-9-17-31(29)45(33)25-43-37)50-21-19-49-20-22-51-40(48)38-34-24-42-36(28-13-5-2-6-14-28)30-16-8-10-18-32(30)46(34)26-44-38/h1-18,25-26H,19-24H2. The van der Waals surface area contributed by atoms with Gasteiger partial charge in [-0.1, -0.05) is 97.1 Å². The van der Waals surface area contributed by atoms with Gasteiger partial charge in [-0.15, -0.1) is 0 Å². The molecule has 0 aliphatic carbocycles. The van der Waals surface area contributed by atoms with E-state index in [9.17, 15) is 9.59 Å². The van der Waals surface area contributed by atoms with Crippen LogP contribution in [0.25, 0.3) is 11.4 Å². The highest BCUT2D eigenvalue weighted by molar-refractivity contribution is 6.16. The Morgan fingerprint density at radius 2 is 0.941 bits per heavy atom. The van der Waals surface area contributed by atoms with E-state index < -0.39 is 11.9 Å². The van der Waals surface area contributed by atoms with Crippen molar-refractivity contribution in [2.75, 3.05) is 26.4 Å². The Hall–Kier alpha value is -6.46. The van der Waals surface area contributed by atoms with Crippen molar-refractivity contribution in [1.82, 2.24) is 19.1 Å². The van der Waals surface area contributed by atoms with Crippen LogP contribution in [0.5, 0.6) is 0 Å². The third kappa shape index (κ3) is 6.26. The van der Waals surface area contributed by atoms with Gasteiger partial charge in [0.15, 0.2) is 11.4 Å². The number of benzene rings is 4. The van der Waals surface area contributed by atoms with Crippen LogP contribution in [-0.4, -0.2) is 68.9 Å². The van der Waals surface area contributed by atoms with Gasteiger partial charge in [0.05, 0.1) is 60.5 Å². The van der Waals surface area contributed by atoms with Crippen molar-refractivity contribution < 1.29 is 23.8 Å². The van der Waals surface area contributed by atoms with Crippen LogP contribution < -0.4 is 0 Å². The number of carbonyl (C=O) groups is 2. The number of para-hydroxylation sites is 2. The van der Waals surface area contributed by atoms with E-state index >= 15 is 0 Å². The number of rotatable bonds is 10. The minimum Gasteiger partial charge on any atom is -0.458 e. The van der Waals surface area contributed by atoms with Gasteiger partial charge in [-0.05, 0) is 12.1 Å². The molecule has 0 bridgehead atoms. The summed E-state index contributed by atoms with van der Waals surface area (Å²) in [5.41, 5.74) is 9.07. The van der Waals surface area contributed by atoms with Crippen molar-refractivity contribution in [3.63, 3.8) is 0 Å². The van der Waals surface area contributed by atoms with Crippen LogP contribution in [0, 0.1) is 0 Å². The maximum atomic E-state index is 13.1. The molecule has 0 amide bonds. The SMILES string of the molecule is O=C(OCCOCCOC(=O)c1ncn2c1CN=C(c1ccccc1)c1ccccc1-2)c1ncn2c1CN=C(c1ccccc1)c1ccccc1-2. The second-order valence-corrected chi connectivity index (χ2v) is 11.8. The molecule has 51 heavy (non-hydrogen) atoms. The van der Waals surface area contributed by atoms with Crippen molar-refractivity contribution in [3.05, 3.63) is 167 Å². The van der Waals surface area contributed by atoms with Crippen molar-refractivity contribution in [2.24, 2.45) is 9.98 Å². The van der Waals surface area contributed by atoms with E-state index in [-0.39, 0.29) is 50.9 Å². The van der Waals surface area contributed by atoms with Gasteiger partial charge >= 0.3 is 11.9 Å². The molecule has 0 saturated carbocycles. The quantitative estimate of drug-likeness (QED) is 0.133. The lowest BCUT2D eigenvalue weighted by Gasteiger charge is -2.11. The predicted octanol–water partition coefficient (Wildman–Crippen LogP) is 5.79. The third-order valence-corrected chi connectivity index (χ3v) is 8.75. The maximum Gasteiger partial charge on any atom is 0.358 e. The van der Waals surface area contributed by atoms with E-state index in [4.69, 9.17) is 24.2 Å². The monoisotopic (exact) mass is 676 g/mol. The maximum absolute atomic E-state index is 13.1. The lowest BCUT2D eigenvalue weighted by Crippen LogP contribution is -2.16. The van der Waals surface area contributed by atoms with Gasteiger partial charge in [0.1, 0.15) is 25.9 Å². The Morgan fingerprint density at radius 3 is 1.39 bits per heavy atom. The first-order chi connectivity index (χ1) is 25.2. The lowest BCUT2D eigenvalue weighted by atomic mass is 10.0. The second-order valence-electron chi connectivity index (χ2n) is 11.8. The van der Waals surface area contributed by atoms with Crippen molar-refractivity contribution in [1.29, 1.82) is 0 Å². The van der Waals surface area contributed by atoms with Crippen LogP contribution in [0.1, 0.15) is 54.6 Å². The second kappa shape index (κ2) is 14.2. The zero-order valence-corrected chi connectivity index (χ0v) is 27.5. The molecule has 2 aliphatic rings. The fourth-order valence-electron chi connectivity index (χ4n) is 6.36. The number of aliphatic imine (C=N–C) groups is 2. The number of hydrogen-bond donors (Lipinski definition) is 0. The van der Waals surface area contributed by atoms with Crippen LogP contribution in [0.3, 0.4) is 0 Å². The van der Waals surface area contributed by atoms with Gasteiger partial charge in [0.25, 0.3) is 0 Å². The molecule has 4 aromatic carbocycles. The van der Waals surface area contributed by atoms with Gasteiger partial charge < -0.3 is 14.2 Å². The Kier molecular flexibility index (Phi) is 8.84. The number of hydrogen-bond acceptors (Lipinski definition) is 9. The molecule has 4 heterocycles. The molecule has 2 aliphatic heterocycles.